The summed E-state index contributed by atoms with van der Waals surface area (Å²) in [4.78, 5) is 0.281. The van der Waals surface area contributed by atoms with Crippen LogP contribution in [0.1, 0.15) is 30.4 Å². The summed E-state index contributed by atoms with van der Waals surface area (Å²) in [7, 11) is -1.77. The van der Waals surface area contributed by atoms with E-state index in [0.717, 1.165) is 12.2 Å². The number of thioether (sulfide) groups is 1. The molecular formula is C13H24N2O3S2. The number of rotatable bonds is 8. The maximum absolute atomic E-state index is 12.6. The zero-order chi connectivity index (χ0) is 15.3. The molecule has 116 valence electrons. The Morgan fingerprint density at radius 2 is 1.95 bits per heavy atom. The third kappa shape index (κ3) is 4.00. The van der Waals surface area contributed by atoms with Gasteiger partial charge in [-0.1, -0.05) is 6.92 Å². The molecule has 0 amide bonds. The fourth-order valence-corrected chi connectivity index (χ4v) is 4.75. The fraction of sp³-hybridized carbons (Fsp3) is 0.692. The van der Waals surface area contributed by atoms with E-state index >= 15 is 0 Å². The summed E-state index contributed by atoms with van der Waals surface area (Å²) in [5.74, 6) is 1.85. The first-order chi connectivity index (χ1) is 9.37. The summed E-state index contributed by atoms with van der Waals surface area (Å²) in [6.45, 7) is 5.93. The van der Waals surface area contributed by atoms with E-state index in [0.29, 0.717) is 23.6 Å². The van der Waals surface area contributed by atoms with Crippen molar-refractivity contribution in [3.8, 4) is 0 Å². The van der Waals surface area contributed by atoms with E-state index in [-0.39, 0.29) is 10.9 Å². The molecule has 1 unspecified atom stereocenters. The van der Waals surface area contributed by atoms with Crippen molar-refractivity contribution in [3.05, 3.63) is 17.1 Å². The fourth-order valence-electron chi connectivity index (χ4n) is 2.16. The smallest absolute Gasteiger partial charge is 0.244 e. The number of aryl methyl sites for hydroxylation is 2. The highest BCUT2D eigenvalue weighted by Gasteiger charge is 2.28. The van der Waals surface area contributed by atoms with Crippen molar-refractivity contribution in [1.82, 2.24) is 10.0 Å². The van der Waals surface area contributed by atoms with E-state index in [1.165, 1.54) is 0 Å². The van der Waals surface area contributed by atoms with Crippen molar-refractivity contribution in [1.29, 1.82) is 0 Å². The molecule has 1 atom stereocenters. The van der Waals surface area contributed by atoms with Crippen LogP contribution < -0.4 is 10.0 Å². The Hall–Kier alpha value is -0.500. The lowest BCUT2D eigenvalue weighted by atomic mass is 10.2. The van der Waals surface area contributed by atoms with E-state index in [1.807, 2.05) is 13.2 Å². The number of furan rings is 1. The summed E-state index contributed by atoms with van der Waals surface area (Å²) in [6.07, 6.45) is 2.73. The van der Waals surface area contributed by atoms with Gasteiger partial charge in [0.2, 0.25) is 10.0 Å². The molecule has 0 saturated heterocycles. The Bertz CT molecular complexity index is 538. The maximum Gasteiger partial charge on any atom is 0.244 e. The molecule has 0 radical (unpaired) electrons. The largest absolute Gasteiger partial charge is 0.465 e. The second-order valence-electron chi connectivity index (χ2n) is 4.73. The predicted octanol–water partition coefficient (Wildman–Crippen LogP) is 2.04. The molecule has 1 aromatic rings. The Morgan fingerprint density at radius 3 is 2.45 bits per heavy atom. The second kappa shape index (κ2) is 7.49. The maximum atomic E-state index is 12.6. The van der Waals surface area contributed by atoms with Gasteiger partial charge >= 0.3 is 0 Å². The van der Waals surface area contributed by atoms with Crippen LogP contribution in [0.3, 0.4) is 0 Å². The number of nitrogens with one attached hydrogen (secondary N) is 2. The van der Waals surface area contributed by atoms with Crippen LogP contribution in [0, 0.1) is 13.8 Å². The van der Waals surface area contributed by atoms with Gasteiger partial charge in [0.1, 0.15) is 16.4 Å². The summed E-state index contributed by atoms with van der Waals surface area (Å²) >= 11 is 1.63. The Labute approximate surface area is 125 Å². The molecule has 0 fully saturated rings. The summed E-state index contributed by atoms with van der Waals surface area (Å²) < 4.78 is 33.5. The number of hydrogen-bond donors (Lipinski definition) is 2. The molecule has 20 heavy (non-hydrogen) atoms. The Kier molecular flexibility index (Phi) is 6.57. The summed E-state index contributed by atoms with van der Waals surface area (Å²) in [5.41, 5.74) is 0.705. The lowest BCUT2D eigenvalue weighted by molar-refractivity contribution is 0.492. The molecule has 0 saturated carbocycles. The minimum atomic E-state index is -3.55. The molecule has 1 heterocycles. The van der Waals surface area contributed by atoms with Crippen molar-refractivity contribution in [2.45, 2.75) is 44.7 Å². The van der Waals surface area contributed by atoms with Crippen molar-refractivity contribution >= 4 is 21.8 Å². The third-order valence-electron chi connectivity index (χ3n) is 3.13. The average molecular weight is 320 g/mol. The summed E-state index contributed by atoms with van der Waals surface area (Å²) in [5, 5.41) is 2.99. The van der Waals surface area contributed by atoms with Crippen molar-refractivity contribution in [3.63, 3.8) is 0 Å². The molecule has 0 bridgehead atoms. The molecule has 5 nitrogen and oxygen atoms in total. The van der Waals surface area contributed by atoms with E-state index in [2.05, 4.69) is 10.0 Å². The van der Waals surface area contributed by atoms with E-state index in [9.17, 15) is 8.42 Å². The highest BCUT2D eigenvalue weighted by Crippen LogP contribution is 2.26. The monoisotopic (exact) mass is 320 g/mol. The van der Waals surface area contributed by atoms with E-state index in [1.54, 1.807) is 32.7 Å². The minimum absolute atomic E-state index is 0.0629. The molecular weight excluding hydrogens is 296 g/mol. The van der Waals surface area contributed by atoms with Crippen LogP contribution in [0.15, 0.2) is 9.31 Å². The van der Waals surface area contributed by atoms with Crippen molar-refractivity contribution in [2.24, 2.45) is 0 Å². The molecule has 7 heteroatoms. The predicted molar refractivity (Wildman–Crippen MR) is 83.7 cm³/mol. The van der Waals surface area contributed by atoms with Gasteiger partial charge in [0, 0.05) is 23.9 Å². The average Bonchev–Trinajstić information content (AvgIpc) is 2.64. The van der Waals surface area contributed by atoms with Gasteiger partial charge < -0.3 is 9.73 Å². The molecule has 1 aromatic heterocycles. The molecule has 0 aliphatic heterocycles. The SMILES string of the molecule is CCC(CSC)NS(=O)(=O)c1c(C)oc(C)c1CNC. The molecule has 0 aromatic carbocycles. The minimum Gasteiger partial charge on any atom is -0.465 e. The first-order valence-corrected chi connectivity index (χ1v) is 9.49. The van der Waals surface area contributed by atoms with Crippen molar-refractivity contribution < 1.29 is 12.8 Å². The lowest BCUT2D eigenvalue weighted by Gasteiger charge is -2.16. The summed E-state index contributed by atoms with van der Waals surface area (Å²) in [6, 6.07) is -0.0629. The lowest BCUT2D eigenvalue weighted by Crippen LogP contribution is -2.36. The Morgan fingerprint density at radius 1 is 1.30 bits per heavy atom. The normalized spacial score (nSPS) is 13.7. The first-order valence-electron chi connectivity index (χ1n) is 6.62. The quantitative estimate of drug-likeness (QED) is 0.767. The molecule has 0 spiro atoms. The molecule has 0 aliphatic rings. The van der Waals surface area contributed by atoms with E-state index < -0.39 is 10.0 Å². The van der Waals surface area contributed by atoms with Gasteiger partial charge in [-0.05, 0) is 33.6 Å². The highest BCUT2D eigenvalue weighted by atomic mass is 32.2. The van der Waals surface area contributed by atoms with Gasteiger partial charge in [0.25, 0.3) is 0 Å². The zero-order valence-electron chi connectivity index (χ0n) is 12.7. The van der Waals surface area contributed by atoms with Gasteiger partial charge in [0.15, 0.2) is 0 Å². The number of sulfonamides is 1. The van der Waals surface area contributed by atoms with Gasteiger partial charge in [-0.15, -0.1) is 0 Å². The van der Waals surface area contributed by atoms with Crippen LogP contribution in [-0.4, -0.2) is 33.5 Å². The second-order valence-corrected chi connectivity index (χ2v) is 7.30. The van der Waals surface area contributed by atoms with Crippen LogP contribution in [0.25, 0.3) is 0 Å². The van der Waals surface area contributed by atoms with Gasteiger partial charge in [0.05, 0.1) is 0 Å². The topological polar surface area (TPSA) is 71.3 Å². The third-order valence-corrected chi connectivity index (χ3v) is 5.58. The molecule has 0 aliphatic carbocycles. The van der Waals surface area contributed by atoms with Crippen LogP contribution >= 0.6 is 11.8 Å². The first kappa shape index (κ1) is 17.6. The Balaban J connectivity index is 3.14. The van der Waals surface area contributed by atoms with Gasteiger partial charge in [-0.25, -0.2) is 13.1 Å². The molecule has 2 N–H and O–H groups in total. The van der Waals surface area contributed by atoms with Crippen LogP contribution in [-0.2, 0) is 16.6 Å². The van der Waals surface area contributed by atoms with Crippen LogP contribution in [0.5, 0.6) is 0 Å². The molecule has 1 rings (SSSR count). The van der Waals surface area contributed by atoms with Crippen molar-refractivity contribution in [2.75, 3.05) is 19.1 Å². The van der Waals surface area contributed by atoms with Crippen LogP contribution in [0.4, 0.5) is 0 Å². The van der Waals surface area contributed by atoms with Gasteiger partial charge in [-0.2, -0.15) is 11.8 Å². The van der Waals surface area contributed by atoms with Crippen LogP contribution in [0.2, 0.25) is 0 Å². The van der Waals surface area contributed by atoms with Gasteiger partial charge in [-0.3, -0.25) is 0 Å². The number of hydrogen-bond acceptors (Lipinski definition) is 5. The van der Waals surface area contributed by atoms with E-state index in [4.69, 9.17) is 4.42 Å². The zero-order valence-corrected chi connectivity index (χ0v) is 14.4. The standard InChI is InChI=1S/C13H24N2O3S2/c1-6-11(8-19-5)15-20(16,17)13-10(3)18-9(2)12(13)7-14-4/h11,14-15H,6-8H2,1-5H3. The highest BCUT2D eigenvalue weighted by molar-refractivity contribution is 7.98.